The van der Waals surface area contributed by atoms with Gasteiger partial charge in [0.1, 0.15) is 12.2 Å². The van der Waals surface area contributed by atoms with Crippen molar-refractivity contribution in [3.8, 4) is 0 Å². The Morgan fingerprint density at radius 1 is 1.12 bits per heavy atom. The van der Waals surface area contributed by atoms with Crippen LogP contribution < -0.4 is 0 Å². The minimum absolute atomic E-state index is 0.160. The minimum atomic E-state index is -6.53. The van der Waals surface area contributed by atoms with Crippen LogP contribution in [0.4, 0.5) is 35.1 Å². The normalized spacial score (nSPS) is 27.2. The second-order valence-electron chi connectivity index (χ2n) is 7.75. The Kier molecular flexibility index (Phi) is 7.35. The van der Waals surface area contributed by atoms with E-state index < -0.39 is 85.1 Å². The van der Waals surface area contributed by atoms with Gasteiger partial charge in [0.25, 0.3) is 0 Å². The van der Waals surface area contributed by atoms with Gasteiger partial charge in [0, 0.05) is 12.8 Å². The summed E-state index contributed by atoms with van der Waals surface area (Å²) in [6.07, 6.45) is -7.37. The van der Waals surface area contributed by atoms with Gasteiger partial charge in [-0.2, -0.15) is 26.3 Å². The van der Waals surface area contributed by atoms with Crippen molar-refractivity contribution in [3.05, 3.63) is 0 Å². The van der Waals surface area contributed by atoms with Crippen LogP contribution >= 0.6 is 0 Å². The van der Waals surface area contributed by atoms with E-state index in [1.807, 2.05) is 0 Å². The number of hydrogen-bond donors (Lipinski definition) is 0. The largest absolute Gasteiger partial charge is 0.459 e. The van der Waals surface area contributed by atoms with E-state index in [0.29, 0.717) is 6.42 Å². The fraction of sp³-hybridized carbons (Fsp3) is 0.833. The predicted molar refractivity (Wildman–Crippen MR) is 87.2 cm³/mol. The fourth-order valence-corrected chi connectivity index (χ4v) is 3.31. The summed E-state index contributed by atoms with van der Waals surface area (Å²) in [6.45, 7) is 0.587. The highest BCUT2D eigenvalue weighted by Crippen LogP contribution is 2.49. The van der Waals surface area contributed by atoms with Gasteiger partial charge in [-0.3, -0.25) is 14.4 Å². The van der Waals surface area contributed by atoms with Crippen molar-refractivity contribution in [2.24, 2.45) is 17.8 Å². The lowest BCUT2D eigenvalue weighted by Gasteiger charge is -2.33. The highest BCUT2D eigenvalue weighted by molar-refractivity contribution is 5.84. The number of esters is 3. The first kappa shape index (κ1) is 26.1. The van der Waals surface area contributed by atoms with Crippen LogP contribution in [0.1, 0.15) is 33.1 Å². The van der Waals surface area contributed by atoms with Gasteiger partial charge in [0.15, 0.2) is 6.61 Å². The Morgan fingerprint density at radius 3 is 2.25 bits per heavy atom. The second-order valence-corrected chi connectivity index (χ2v) is 7.75. The zero-order chi connectivity index (χ0) is 24.6. The summed E-state index contributed by atoms with van der Waals surface area (Å²) in [7, 11) is 0. The molecule has 0 aromatic heterocycles. The molecule has 2 rings (SSSR count). The first-order valence-electron chi connectivity index (χ1n) is 9.56. The number of carbonyl (C=O) groups excluding carboxylic acids is 3. The lowest BCUT2D eigenvalue weighted by Crippen LogP contribution is -2.59. The van der Waals surface area contributed by atoms with E-state index in [1.54, 1.807) is 6.92 Å². The van der Waals surface area contributed by atoms with E-state index in [4.69, 9.17) is 9.47 Å². The standard InChI is InChI=1S/C18H20F8O6/c1-3-7(2)12(27)31-10-4-8(9-5-11(10)32-14(9)29)13(28)30-6-16(21,22)18(25,26)17(23,24)15(19)20/h7-11,15H,3-6H2,1-2H3. The number of halogens is 8. The number of carbonyl (C=O) groups is 3. The Labute approximate surface area is 176 Å². The minimum Gasteiger partial charge on any atom is -0.459 e. The Balaban J connectivity index is 2.11. The smallest absolute Gasteiger partial charge is 0.381 e. The van der Waals surface area contributed by atoms with Gasteiger partial charge in [-0.05, 0) is 6.42 Å². The molecule has 2 aliphatic rings. The maximum atomic E-state index is 13.6. The summed E-state index contributed by atoms with van der Waals surface area (Å²) in [5.74, 6) is -25.4. The van der Waals surface area contributed by atoms with E-state index in [9.17, 15) is 49.5 Å². The number of fused-ring (bicyclic) bond motifs is 2. The summed E-state index contributed by atoms with van der Waals surface area (Å²) < 4.78 is 118. The monoisotopic (exact) mass is 484 g/mol. The maximum absolute atomic E-state index is 13.6. The molecule has 5 unspecified atom stereocenters. The molecule has 0 radical (unpaired) electrons. The average Bonchev–Trinajstić information content (AvgIpc) is 3.03. The van der Waals surface area contributed by atoms with Crippen LogP contribution in [-0.2, 0) is 28.6 Å². The molecule has 2 bridgehead atoms. The van der Waals surface area contributed by atoms with Crippen LogP contribution in [0.2, 0.25) is 0 Å². The SMILES string of the molecule is CCC(C)C(=O)OC1CC(C(=O)OCC(F)(F)C(F)(F)C(F)(F)C(F)F)C2CC1OC2=O. The Morgan fingerprint density at radius 2 is 1.72 bits per heavy atom. The molecule has 6 nitrogen and oxygen atoms in total. The van der Waals surface area contributed by atoms with Gasteiger partial charge >= 0.3 is 42.1 Å². The lowest BCUT2D eigenvalue weighted by molar-refractivity contribution is -0.344. The molecule has 1 heterocycles. The molecular weight excluding hydrogens is 464 g/mol. The third-order valence-corrected chi connectivity index (χ3v) is 5.58. The van der Waals surface area contributed by atoms with E-state index in [0.717, 1.165) is 0 Å². The summed E-state index contributed by atoms with van der Waals surface area (Å²) in [6, 6.07) is 0. The number of alkyl halides is 8. The Hall–Kier alpha value is -2.15. The highest BCUT2D eigenvalue weighted by Gasteiger charge is 2.75. The van der Waals surface area contributed by atoms with E-state index in [-0.39, 0.29) is 6.42 Å². The lowest BCUT2D eigenvalue weighted by atomic mass is 9.78. The molecular formula is C18H20F8O6. The third kappa shape index (κ3) is 4.63. The van der Waals surface area contributed by atoms with Gasteiger partial charge in [0.2, 0.25) is 0 Å². The quantitative estimate of drug-likeness (QED) is 0.283. The predicted octanol–water partition coefficient (Wildman–Crippen LogP) is 3.61. The molecule has 1 saturated carbocycles. The molecule has 0 spiro atoms. The molecule has 184 valence electrons. The number of hydrogen-bond acceptors (Lipinski definition) is 6. The summed E-state index contributed by atoms with van der Waals surface area (Å²) in [5, 5.41) is 0. The van der Waals surface area contributed by atoms with Crippen LogP contribution in [-0.4, -0.2) is 60.9 Å². The average molecular weight is 484 g/mol. The van der Waals surface area contributed by atoms with Gasteiger partial charge in [-0.25, -0.2) is 8.78 Å². The first-order valence-corrected chi connectivity index (χ1v) is 9.56. The molecule has 1 saturated heterocycles. The van der Waals surface area contributed by atoms with Crippen molar-refractivity contribution < 1.29 is 63.7 Å². The summed E-state index contributed by atoms with van der Waals surface area (Å²) in [4.78, 5) is 36.2. The second kappa shape index (κ2) is 9.00. The van der Waals surface area contributed by atoms with Crippen molar-refractivity contribution in [1.29, 1.82) is 0 Å². The topological polar surface area (TPSA) is 78.9 Å². The molecule has 5 atom stereocenters. The molecule has 0 aromatic carbocycles. The highest BCUT2D eigenvalue weighted by atomic mass is 19.4. The number of rotatable bonds is 9. The van der Waals surface area contributed by atoms with Gasteiger partial charge in [0.05, 0.1) is 17.8 Å². The van der Waals surface area contributed by atoms with Crippen molar-refractivity contribution in [2.45, 2.75) is 69.5 Å². The van der Waals surface area contributed by atoms with Crippen molar-refractivity contribution in [2.75, 3.05) is 6.61 Å². The fourth-order valence-electron chi connectivity index (χ4n) is 3.31. The molecule has 1 aliphatic carbocycles. The van der Waals surface area contributed by atoms with E-state index in [2.05, 4.69) is 4.74 Å². The third-order valence-electron chi connectivity index (χ3n) is 5.58. The molecule has 2 fully saturated rings. The van der Waals surface area contributed by atoms with Crippen LogP contribution in [0.25, 0.3) is 0 Å². The molecule has 14 heteroatoms. The zero-order valence-electron chi connectivity index (χ0n) is 16.8. The van der Waals surface area contributed by atoms with Crippen molar-refractivity contribution in [1.82, 2.24) is 0 Å². The van der Waals surface area contributed by atoms with Crippen molar-refractivity contribution >= 4 is 17.9 Å². The Bertz CT molecular complexity index is 743. The number of ether oxygens (including phenoxy) is 3. The van der Waals surface area contributed by atoms with E-state index >= 15 is 0 Å². The maximum Gasteiger partial charge on any atom is 0.381 e. The van der Waals surface area contributed by atoms with Gasteiger partial charge in [-0.1, -0.05) is 13.8 Å². The molecule has 1 aliphatic heterocycles. The van der Waals surface area contributed by atoms with Crippen LogP contribution in [0.15, 0.2) is 0 Å². The zero-order valence-corrected chi connectivity index (χ0v) is 16.8. The van der Waals surface area contributed by atoms with Crippen LogP contribution in [0, 0.1) is 17.8 Å². The summed E-state index contributed by atoms with van der Waals surface area (Å²) in [5.41, 5.74) is 0. The molecule has 0 amide bonds. The molecule has 0 aromatic rings. The molecule has 0 N–H and O–H groups in total. The van der Waals surface area contributed by atoms with Crippen LogP contribution in [0.3, 0.4) is 0 Å². The first-order chi connectivity index (χ1) is 14.6. The van der Waals surface area contributed by atoms with Gasteiger partial charge in [-0.15, -0.1) is 0 Å². The van der Waals surface area contributed by atoms with Crippen LogP contribution in [0.5, 0.6) is 0 Å². The van der Waals surface area contributed by atoms with Crippen molar-refractivity contribution in [3.63, 3.8) is 0 Å². The summed E-state index contributed by atoms with van der Waals surface area (Å²) >= 11 is 0. The van der Waals surface area contributed by atoms with E-state index in [1.165, 1.54) is 6.92 Å². The van der Waals surface area contributed by atoms with Gasteiger partial charge < -0.3 is 14.2 Å². The molecule has 32 heavy (non-hydrogen) atoms.